The Balaban J connectivity index is 1.41. The molecule has 2 N–H and O–H groups in total. The van der Waals surface area contributed by atoms with Gasteiger partial charge in [-0.25, -0.2) is 0 Å². The molecule has 0 radical (unpaired) electrons. The molecule has 4 rings (SSSR count). The second-order valence-electron chi connectivity index (χ2n) is 6.08. The fraction of sp³-hybridized carbons (Fsp3) is 0. The maximum atomic E-state index is 12.5. The van der Waals surface area contributed by atoms with Gasteiger partial charge in [-0.15, -0.1) is 0 Å². The van der Waals surface area contributed by atoms with Crippen molar-refractivity contribution in [2.24, 2.45) is 0 Å². The number of ether oxygens (including phenoxy) is 1. The van der Waals surface area contributed by atoms with E-state index in [9.17, 15) is 4.79 Å². The van der Waals surface area contributed by atoms with Gasteiger partial charge in [0.25, 0.3) is 5.91 Å². The number of pyridine rings is 1. The van der Waals surface area contributed by atoms with Gasteiger partial charge in [-0.2, -0.15) is 0 Å². The van der Waals surface area contributed by atoms with Gasteiger partial charge in [0.05, 0.1) is 6.20 Å². The highest BCUT2D eigenvalue weighted by molar-refractivity contribution is 6.30. The lowest BCUT2D eigenvalue weighted by atomic mass is 10.1. The Hall–Kier alpha value is -3.57. The Morgan fingerprint density at radius 1 is 0.964 bits per heavy atom. The molecule has 0 saturated carbocycles. The van der Waals surface area contributed by atoms with Crippen molar-refractivity contribution < 1.29 is 9.53 Å². The number of H-pyrrole nitrogens is 1. The number of amides is 1. The summed E-state index contributed by atoms with van der Waals surface area (Å²) >= 11 is 5.92. The van der Waals surface area contributed by atoms with Crippen LogP contribution in [0.4, 0.5) is 5.69 Å². The molecule has 0 aliphatic rings. The molecule has 0 aliphatic carbocycles. The average molecular weight is 390 g/mol. The molecule has 2 heterocycles. The molecular weight excluding hydrogens is 374 g/mol. The molecule has 2 aromatic heterocycles. The minimum Gasteiger partial charge on any atom is -0.456 e. The average Bonchev–Trinajstić information content (AvgIpc) is 3.21. The van der Waals surface area contributed by atoms with Crippen LogP contribution in [-0.2, 0) is 0 Å². The normalized spacial score (nSPS) is 10.5. The van der Waals surface area contributed by atoms with Crippen LogP contribution in [0, 0.1) is 0 Å². The highest BCUT2D eigenvalue weighted by atomic mass is 35.5. The van der Waals surface area contributed by atoms with Gasteiger partial charge in [-0.3, -0.25) is 9.78 Å². The van der Waals surface area contributed by atoms with Crippen molar-refractivity contribution in [2.75, 3.05) is 5.32 Å². The van der Waals surface area contributed by atoms with Gasteiger partial charge in [0.15, 0.2) is 0 Å². The lowest BCUT2D eigenvalue weighted by molar-refractivity contribution is 0.102. The van der Waals surface area contributed by atoms with Crippen LogP contribution < -0.4 is 10.1 Å². The Kier molecular flexibility index (Phi) is 5.08. The second-order valence-corrected chi connectivity index (χ2v) is 6.51. The van der Waals surface area contributed by atoms with E-state index in [1.165, 1.54) is 0 Å². The van der Waals surface area contributed by atoms with Crippen LogP contribution in [0.2, 0.25) is 5.02 Å². The first-order valence-corrected chi connectivity index (χ1v) is 8.99. The maximum absolute atomic E-state index is 12.5. The molecule has 0 unspecified atom stereocenters. The number of aromatic nitrogens is 2. The Labute approximate surface area is 167 Å². The number of carbonyl (C=O) groups excluding carboxylic acids is 1. The number of benzene rings is 2. The van der Waals surface area contributed by atoms with Gasteiger partial charge in [0.2, 0.25) is 0 Å². The molecule has 6 heteroatoms. The van der Waals surface area contributed by atoms with Crippen molar-refractivity contribution in [1.82, 2.24) is 9.97 Å². The highest BCUT2D eigenvalue weighted by Gasteiger charge is 2.10. The molecule has 138 valence electrons. The maximum Gasteiger partial charge on any atom is 0.272 e. The third-order valence-corrected chi connectivity index (χ3v) is 4.34. The first-order valence-electron chi connectivity index (χ1n) is 8.61. The number of aromatic amines is 1. The topological polar surface area (TPSA) is 67.0 Å². The summed E-state index contributed by atoms with van der Waals surface area (Å²) in [6.07, 6.45) is 5.12. The van der Waals surface area contributed by atoms with Gasteiger partial charge in [-0.1, -0.05) is 23.7 Å². The third kappa shape index (κ3) is 4.22. The fourth-order valence-electron chi connectivity index (χ4n) is 2.68. The summed E-state index contributed by atoms with van der Waals surface area (Å²) < 4.78 is 5.69. The van der Waals surface area contributed by atoms with E-state index in [1.807, 2.05) is 30.3 Å². The number of rotatable bonds is 5. The van der Waals surface area contributed by atoms with Crippen LogP contribution >= 0.6 is 11.6 Å². The molecule has 0 saturated heterocycles. The van der Waals surface area contributed by atoms with Crippen molar-refractivity contribution in [3.8, 4) is 22.6 Å². The number of nitrogens with one attached hydrogen (secondary N) is 2. The van der Waals surface area contributed by atoms with Crippen LogP contribution in [0.15, 0.2) is 85.3 Å². The first kappa shape index (κ1) is 17.8. The zero-order valence-corrected chi connectivity index (χ0v) is 15.5. The monoisotopic (exact) mass is 389 g/mol. The highest BCUT2D eigenvalue weighted by Crippen LogP contribution is 2.24. The smallest absolute Gasteiger partial charge is 0.272 e. The van der Waals surface area contributed by atoms with Gasteiger partial charge in [-0.05, 0) is 65.7 Å². The molecular formula is C22H16ClN3O2. The van der Waals surface area contributed by atoms with E-state index in [0.29, 0.717) is 27.9 Å². The van der Waals surface area contributed by atoms with Crippen LogP contribution in [-0.4, -0.2) is 15.9 Å². The summed E-state index contributed by atoms with van der Waals surface area (Å²) in [6, 6.07) is 20.0. The molecule has 0 aliphatic heterocycles. The van der Waals surface area contributed by atoms with E-state index in [1.54, 1.807) is 55.0 Å². The molecule has 2 aromatic carbocycles. The zero-order valence-electron chi connectivity index (χ0n) is 14.7. The molecule has 0 spiro atoms. The van der Waals surface area contributed by atoms with E-state index in [-0.39, 0.29) is 5.91 Å². The lowest BCUT2D eigenvalue weighted by Gasteiger charge is -2.07. The molecule has 0 bridgehead atoms. The molecule has 28 heavy (non-hydrogen) atoms. The summed E-state index contributed by atoms with van der Waals surface area (Å²) in [5.41, 5.74) is 3.05. The largest absolute Gasteiger partial charge is 0.456 e. The minimum absolute atomic E-state index is 0.221. The predicted molar refractivity (Wildman–Crippen MR) is 110 cm³/mol. The van der Waals surface area contributed by atoms with E-state index in [4.69, 9.17) is 16.3 Å². The molecule has 0 fully saturated rings. The van der Waals surface area contributed by atoms with E-state index in [2.05, 4.69) is 15.3 Å². The summed E-state index contributed by atoms with van der Waals surface area (Å²) in [7, 11) is 0. The number of anilines is 1. The standard InChI is InChI=1S/C22H16ClN3O2/c23-17-5-3-15(4-6-17)16-12-21(25-13-16)22(27)26-18-7-9-19(10-8-18)28-20-2-1-11-24-14-20/h1-14,25H,(H,26,27). The Morgan fingerprint density at radius 2 is 1.75 bits per heavy atom. The van der Waals surface area contributed by atoms with E-state index in [0.717, 1.165) is 11.1 Å². The SMILES string of the molecule is O=C(Nc1ccc(Oc2cccnc2)cc1)c1cc(-c2ccc(Cl)cc2)c[nH]1. The summed E-state index contributed by atoms with van der Waals surface area (Å²) in [4.78, 5) is 19.5. The van der Waals surface area contributed by atoms with Crippen molar-refractivity contribution in [2.45, 2.75) is 0 Å². The van der Waals surface area contributed by atoms with Crippen LogP contribution in [0.25, 0.3) is 11.1 Å². The van der Waals surface area contributed by atoms with Crippen molar-refractivity contribution in [1.29, 1.82) is 0 Å². The van der Waals surface area contributed by atoms with E-state index < -0.39 is 0 Å². The van der Waals surface area contributed by atoms with Crippen LogP contribution in [0.3, 0.4) is 0 Å². The third-order valence-electron chi connectivity index (χ3n) is 4.09. The van der Waals surface area contributed by atoms with Gasteiger partial charge in [0, 0.05) is 23.1 Å². The molecule has 0 atom stereocenters. The molecule has 5 nitrogen and oxygen atoms in total. The van der Waals surface area contributed by atoms with Gasteiger partial charge in [0.1, 0.15) is 17.2 Å². The van der Waals surface area contributed by atoms with Gasteiger partial charge >= 0.3 is 0 Å². The lowest BCUT2D eigenvalue weighted by Crippen LogP contribution is -2.11. The number of carbonyl (C=O) groups is 1. The van der Waals surface area contributed by atoms with E-state index >= 15 is 0 Å². The summed E-state index contributed by atoms with van der Waals surface area (Å²) in [5, 5.41) is 3.54. The zero-order chi connectivity index (χ0) is 19.3. The fourth-order valence-corrected chi connectivity index (χ4v) is 2.81. The van der Waals surface area contributed by atoms with Crippen LogP contribution in [0.1, 0.15) is 10.5 Å². The number of hydrogen-bond acceptors (Lipinski definition) is 3. The van der Waals surface area contributed by atoms with Crippen molar-refractivity contribution in [3.05, 3.63) is 96.0 Å². The molecule has 1 amide bonds. The van der Waals surface area contributed by atoms with Crippen molar-refractivity contribution in [3.63, 3.8) is 0 Å². The number of hydrogen-bond donors (Lipinski definition) is 2. The van der Waals surface area contributed by atoms with Crippen LogP contribution in [0.5, 0.6) is 11.5 Å². The first-order chi connectivity index (χ1) is 13.7. The number of nitrogens with zero attached hydrogens (tertiary/aromatic N) is 1. The van der Waals surface area contributed by atoms with Gasteiger partial charge < -0.3 is 15.0 Å². The Morgan fingerprint density at radius 3 is 2.46 bits per heavy atom. The number of halogens is 1. The molecule has 4 aromatic rings. The predicted octanol–water partition coefficient (Wildman–Crippen LogP) is 5.77. The quantitative estimate of drug-likeness (QED) is 0.455. The Bertz CT molecular complexity index is 1070. The summed E-state index contributed by atoms with van der Waals surface area (Å²) in [5.74, 6) is 1.09. The second kappa shape index (κ2) is 7.98. The van der Waals surface area contributed by atoms with Crippen molar-refractivity contribution >= 4 is 23.2 Å². The summed E-state index contributed by atoms with van der Waals surface area (Å²) in [6.45, 7) is 0. The minimum atomic E-state index is -0.221.